The van der Waals surface area contributed by atoms with Crippen molar-refractivity contribution in [3.05, 3.63) is 126 Å². The Labute approximate surface area is 211 Å². The zero-order valence-corrected chi connectivity index (χ0v) is 20.4. The van der Waals surface area contributed by atoms with Crippen molar-refractivity contribution in [3.63, 3.8) is 0 Å². The number of nitrogens with zero attached hydrogens (tertiary/aromatic N) is 1. The number of amides is 1. The van der Waals surface area contributed by atoms with E-state index in [1.54, 1.807) is 0 Å². The Balaban J connectivity index is 1.37. The molecule has 0 unspecified atom stereocenters. The molecule has 5 rings (SSSR count). The first-order valence-corrected chi connectivity index (χ1v) is 12.2. The van der Waals surface area contributed by atoms with E-state index in [0.29, 0.717) is 23.6 Å². The number of nitrogens with one attached hydrogen (secondary N) is 1. The van der Waals surface area contributed by atoms with E-state index in [9.17, 15) is 9.59 Å². The minimum absolute atomic E-state index is 0.122. The summed E-state index contributed by atoms with van der Waals surface area (Å²) in [5, 5.41) is 4.09. The molecule has 0 atom stereocenters. The maximum Gasteiger partial charge on any atom is 0.255 e. The van der Waals surface area contributed by atoms with Crippen molar-refractivity contribution in [2.75, 3.05) is 5.32 Å². The van der Waals surface area contributed by atoms with Crippen LogP contribution in [0.2, 0.25) is 0 Å². The molecule has 0 bridgehead atoms. The highest BCUT2D eigenvalue weighted by Crippen LogP contribution is 2.32. The summed E-state index contributed by atoms with van der Waals surface area (Å²) >= 11 is 0. The summed E-state index contributed by atoms with van der Waals surface area (Å²) in [5.41, 5.74) is 7.65. The van der Waals surface area contributed by atoms with Crippen LogP contribution >= 0.6 is 0 Å². The molecule has 1 aromatic heterocycles. The van der Waals surface area contributed by atoms with Gasteiger partial charge in [-0.05, 0) is 52.9 Å². The zero-order chi connectivity index (χ0) is 25.1. The Bertz CT molecular complexity index is 1510. The Hall–Kier alpha value is -4.44. The lowest BCUT2D eigenvalue weighted by atomic mass is 10.0. The smallest absolute Gasteiger partial charge is 0.255 e. The average Bonchev–Trinajstić information content (AvgIpc) is 3.27. The predicted octanol–water partition coefficient (Wildman–Crippen LogP) is 7.54. The zero-order valence-electron chi connectivity index (χ0n) is 20.4. The van der Waals surface area contributed by atoms with Gasteiger partial charge >= 0.3 is 0 Å². The van der Waals surface area contributed by atoms with Crippen LogP contribution in [0.1, 0.15) is 51.6 Å². The molecule has 0 fully saturated rings. The topological polar surface area (TPSA) is 51.1 Å². The number of aromatic nitrogens is 1. The number of aldehydes is 1. The number of benzene rings is 4. The number of carbonyl (C=O) groups excluding carboxylic acids is 2. The molecule has 0 aliphatic rings. The summed E-state index contributed by atoms with van der Waals surface area (Å²) in [6, 6.07) is 31.7. The Kier molecular flexibility index (Phi) is 6.50. The first kappa shape index (κ1) is 23.3. The Morgan fingerprint density at radius 1 is 0.889 bits per heavy atom. The largest absolute Gasteiger partial charge is 0.342 e. The lowest BCUT2D eigenvalue weighted by Gasteiger charge is -2.10. The van der Waals surface area contributed by atoms with Gasteiger partial charge in [0.1, 0.15) is 6.29 Å². The van der Waals surface area contributed by atoms with Crippen LogP contribution in [0.3, 0.4) is 0 Å². The van der Waals surface area contributed by atoms with Gasteiger partial charge in [0, 0.05) is 46.0 Å². The lowest BCUT2D eigenvalue weighted by molar-refractivity contribution is 0.102. The van der Waals surface area contributed by atoms with Crippen molar-refractivity contribution in [1.29, 1.82) is 0 Å². The van der Waals surface area contributed by atoms with Gasteiger partial charge in [0.05, 0.1) is 0 Å². The molecule has 5 aromatic rings. The maximum atomic E-state index is 12.7. The number of anilines is 1. The predicted molar refractivity (Wildman–Crippen MR) is 147 cm³/mol. The van der Waals surface area contributed by atoms with E-state index in [2.05, 4.69) is 42.1 Å². The molecular formula is C32H28N2O2. The van der Waals surface area contributed by atoms with Crippen LogP contribution in [0.5, 0.6) is 0 Å². The lowest BCUT2D eigenvalue weighted by Crippen LogP contribution is -2.12. The van der Waals surface area contributed by atoms with E-state index in [0.717, 1.165) is 39.6 Å². The summed E-state index contributed by atoms with van der Waals surface area (Å²) in [6.45, 7) is 4.92. The third-order valence-corrected chi connectivity index (χ3v) is 6.53. The molecule has 4 heteroatoms. The van der Waals surface area contributed by atoms with Crippen molar-refractivity contribution >= 4 is 28.8 Å². The summed E-state index contributed by atoms with van der Waals surface area (Å²) < 4.78 is 2.18. The molecule has 1 N–H and O–H groups in total. The van der Waals surface area contributed by atoms with Gasteiger partial charge in [-0.2, -0.15) is 0 Å². The van der Waals surface area contributed by atoms with E-state index >= 15 is 0 Å². The third-order valence-electron chi connectivity index (χ3n) is 6.53. The van der Waals surface area contributed by atoms with Crippen LogP contribution in [0.25, 0.3) is 22.0 Å². The third kappa shape index (κ3) is 4.84. The second kappa shape index (κ2) is 10.0. The highest BCUT2D eigenvalue weighted by Gasteiger charge is 2.12. The summed E-state index contributed by atoms with van der Waals surface area (Å²) in [6.07, 6.45) is 3.03. The second-order valence-electron chi connectivity index (χ2n) is 9.36. The molecule has 4 aromatic carbocycles. The van der Waals surface area contributed by atoms with Gasteiger partial charge in [-0.15, -0.1) is 0 Å². The van der Waals surface area contributed by atoms with Crippen LogP contribution < -0.4 is 5.32 Å². The van der Waals surface area contributed by atoms with Gasteiger partial charge in [-0.25, -0.2) is 0 Å². The van der Waals surface area contributed by atoms with E-state index in [4.69, 9.17) is 0 Å². The molecule has 0 saturated heterocycles. The number of rotatable bonds is 7. The fourth-order valence-electron chi connectivity index (χ4n) is 4.47. The van der Waals surface area contributed by atoms with Crippen molar-refractivity contribution in [1.82, 2.24) is 4.57 Å². The molecule has 0 aliphatic carbocycles. The van der Waals surface area contributed by atoms with E-state index in [1.165, 1.54) is 5.56 Å². The van der Waals surface area contributed by atoms with Crippen molar-refractivity contribution in [3.8, 4) is 11.1 Å². The summed E-state index contributed by atoms with van der Waals surface area (Å²) in [4.78, 5) is 24.1. The van der Waals surface area contributed by atoms with Gasteiger partial charge in [0.2, 0.25) is 0 Å². The minimum atomic E-state index is -0.122. The number of fused-ring (bicyclic) bond motifs is 1. The molecular weight excluding hydrogens is 444 g/mol. The standard InChI is InChI=1S/C32H28N2O2/c1-22(2)25-11-13-27(14-12-25)32(36)33-28-15-8-23(9-16-28)19-34-20-30(26-6-4-3-5-7-26)29-17-10-24(21-35)18-31(29)34/h3-18,20-22H,19H2,1-2H3,(H,33,36). The fraction of sp³-hybridized carbons (Fsp3) is 0.125. The second-order valence-corrected chi connectivity index (χ2v) is 9.36. The first-order chi connectivity index (χ1) is 17.5. The molecule has 36 heavy (non-hydrogen) atoms. The van der Waals surface area contributed by atoms with Crippen LogP contribution in [-0.2, 0) is 6.54 Å². The molecule has 0 spiro atoms. The minimum Gasteiger partial charge on any atom is -0.342 e. The maximum absolute atomic E-state index is 12.7. The van der Waals surface area contributed by atoms with Gasteiger partial charge in [0.25, 0.3) is 5.91 Å². The van der Waals surface area contributed by atoms with Crippen LogP contribution in [0.4, 0.5) is 5.69 Å². The number of carbonyl (C=O) groups is 2. The Morgan fingerprint density at radius 2 is 1.61 bits per heavy atom. The highest BCUT2D eigenvalue weighted by atomic mass is 16.1. The molecule has 0 saturated carbocycles. The van der Waals surface area contributed by atoms with Gasteiger partial charge < -0.3 is 9.88 Å². The first-order valence-electron chi connectivity index (χ1n) is 12.2. The monoisotopic (exact) mass is 472 g/mol. The molecule has 178 valence electrons. The van der Waals surface area contributed by atoms with Gasteiger partial charge in [0.15, 0.2) is 0 Å². The normalized spacial score (nSPS) is 11.1. The molecule has 0 aliphatic heterocycles. The number of hydrogen-bond donors (Lipinski definition) is 1. The molecule has 1 heterocycles. The van der Waals surface area contributed by atoms with E-state index in [1.807, 2.05) is 84.9 Å². The summed E-state index contributed by atoms with van der Waals surface area (Å²) in [5.74, 6) is 0.309. The van der Waals surface area contributed by atoms with Gasteiger partial charge in [-0.3, -0.25) is 9.59 Å². The summed E-state index contributed by atoms with van der Waals surface area (Å²) in [7, 11) is 0. The van der Waals surface area contributed by atoms with E-state index in [-0.39, 0.29) is 5.91 Å². The van der Waals surface area contributed by atoms with Crippen molar-refractivity contribution < 1.29 is 9.59 Å². The highest BCUT2D eigenvalue weighted by molar-refractivity contribution is 6.04. The SMILES string of the molecule is CC(C)c1ccc(C(=O)Nc2ccc(Cn3cc(-c4ccccc4)c4ccc(C=O)cc43)cc2)cc1. The van der Waals surface area contributed by atoms with Crippen molar-refractivity contribution in [2.24, 2.45) is 0 Å². The van der Waals surface area contributed by atoms with Gasteiger partial charge in [-0.1, -0.05) is 80.6 Å². The van der Waals surface area contributed by atoms with Crippen molar-refractivity contribution in [2.45, 2.75) is 26.3 Å². The number of hydrogen-bond acceptors (Lipinski definition) is 2. The molecule has 0 radical (unpaired) electrons. The Morgan fingerprint density at radius 3 is 2.28 bits per heavy atom. The molecule has 1 amide bonds. The van der Waals surface area contributed by atoms with Crippen LogP contribution in [-0.4, -0.2) is 16.8 Å². The molecule has 4 nitrogen and oxygen atoms in total. The quantitative estimate of drug-likeness (QED) is 0.249. The average molecular weight is 473 g/mol. The van der Waals surface area contributed by atoms with Crippen LogP contribution in [0, 0.1) is 0 Å². The fourth-order valence-corrected chi connectivity index (χ4v) is 4.47. The van der Waals surface area contributed by atoms with Crippen LogP contribution in [0.15, 0.2) is 103 Å². The van der Waals surface area contributed by atoms with E-state index < -0.39 is 0 Å².